The Hall–Kier alpha value is -3.16. The van der Waals surface area contributed by atoms with Crippen LogP contribution in [0.15, 0.2) is 82.8 Å². The maximum atomic E-state index is 13.2. The Morgan fingerprint density at radius 3 is 2.58 bits per heavy atom. The van der Waals surface area contributed by atoms with Gasteiger partial charge in [-0.25, -0.2) is 8.42 Å². The summed E-state index contributed by atoms with van der Waals surface area (Å²) in [7, 11) is -3.87. The first-order valence-corrected chi connectivity index (χ1v) is 11.6. The van der Waals surface area contributed by atoms with Crippen LogP contribution in [-0.2, 0) is 27.8 Å². The fourth-order valence-corrected chi connectivity index (χ4v) is 4.90. The molecule has 0 bridgehead atoms. The molecule has 0 radical (unpaired) electrons. The van der Waals surface area contributed by atoms with Crippen LogP contribution in [0.4, 0.5) is 5.69 Å². The van der Waals surface area contributed by atoms with Crippen molar-refractivity contribution < 1.29 is 17.6 Å². The van der Waals surface area contributed by atoms with Gasteiger partial charge in [0.25, 0.3) is 0 Å². The number of carbonyl (C=O) groups excluding carboxylic acids is 1. The van der Waals surface area contributed by atoms with E-state index in [1.807, 2.05) is 61.5 Å². The zero-order valence-corrected chi connectivity index (χ0v) is 18.0. The number of anilines is 1. The summed E-state index contributed by atoms with van der Waals surface area (Å²) in [6.07, 6.45) is 3.77. The summed E-state index contributed by atoms with van der Waals surface area (Å²) in [6, 6.07) is 20.3. The summed E-state index contributed by atoms with van der Waals surface area (Å²) in [5.41, 5.74) is 2.69. The lowest BCUT2D eigenvalue weighted by molar-refractivity contribution is -0.119. The van der Waals surface area contributed by atoms with Crippen LogP contribution < -0.4 is 4.90 Å². The molecule has 0 saturated carbocycles. The van der Waals surface area contributed by atoms with E-state index in [0.717, 1.165) is 32.9 Å². The molecule has 1 aromatic heterocycles. The molecule has 31 heavy (non-hydrogen) atoms. The van der Waals surface area contributed by atoms with Crippen LogP contribution in [0.5, 0.6) is 0 Å². The molecule has 160 valence electrons. The summed E-state index contributed by atoms with van der Waals surface area (Å²) in [6.45, 7) is 1.67. The maximum Gasteiger partial charge on any atom is 0.242 e. The van der Waals surface area contributed by atoms with Gasteiger partial charge in [0.15, 0.2) is 0 Å². The fourth-order valence-electron chi connectivity index (χ4n) is 3.80. The molecule has 1 aliphatic heterocycles. The number of carbonyl (C=O) groups is 1. The van der Waals surface area contributed by atoms with Crippen LogP contribution in [0.3, 0.4) is 0 Å². The minimum Gasteiger partial charge on any atom is -0.468 e. The molecule has 7 heteroatoms. The Balaban J connectivity index is 1.59. The Labute approximate surface area is 182 Å². The SMILES string of the molecule is CC1Cc2ccccc2N1C(=O)CN(Cc1ccco1)S(=O)(=O)C=Cc1ccccc1. The van der Waals surface area contributed by atoms with E-state index in [9.17, 15) is 13.2 Å². The van der Waals surface area contributed by atoms with Gasteiger partial charge >= 0.3 is 0 Å². The lowest BCUT2D eigenvalue weighted by Gasteiger charge is -2.26. The van der Waals surface area contributed by atoms with Gasteiger partial charge in [-0.05, 0) is 48.7 Å². The Bertz CT molecular complexity index is 1170. The van der Waals surface area contributed by atoms with Crippen LogP contribution in [0.25, 0.3) is 6.08 Å². The van der Waals surface area contributed by atoms with Crippen molar-refractivity contribution in [1.29, 1.82) is 0 Å². The number of hydrogen-bond donors (Lipinski definition) is 0. The van der Waals surface area contributed by atoms with Crippen LogP contribution in [0, 0.1) is 0 Å². The molecule has 2 heterocycles. The van der Waals surface area contributed by atoms with Crippen molar-refractivity contribution in [3.63, 3.8) is 0 Å². The molecular formula is C24H24N2O4S. The zero-order valence-electron chi connectivity index (χ0n) is 17.2. The van der Waals surface area contributed by atoms with Crippen molar-refractivity contribution in [2.24, 2.45) is 0 Å². The van der Waals surface area contributed by atoms with Gasteiger partial charge < -0.3 is 9.32 Å². The number of rotatable bonds is 7. The average molecular weight is 437 g/mol. The van der Waals surface area contributed by atoms with Crippen molar-refractivity contribution in [2.75, 3.05) is 11.4 Å². The number of furan rings is 1. The topological polar surface area (TPSA) is 70.8 Å². The van der Waals surface area contributed by atoms with E-state index in [0.29, 0.717) is 5.76 Å². The fraction of sp³-hybridized carbons (Fsp3) is 0.208. The monoisotopic (exact) mass is 436 g/mol. The van der Waals surface area contributed by atoms with E-state index in [-0.39, 0.29) is 25.0 Å². The van der Waals surface area contributed by atoms with Gasteiger partial charge in [0.05, 0.1) is 19.4 Å². The number of hydrogen-bond acceptors (Lipinski definition) is 4. The lowest BCUT2D eigenvalue weighted by atomic mass is 10.1. The highest BCUT2D eigenvalue weighted by molar-refractivity contribution is 7.92. The first-order valence-electron chi connectivity index (χ1n) is 10.1. The van der Waals surface area contributed by atoms with Crippen molar-refractivity contribution in [3.05, 3.63) is 95.3 Å². The summed E-state index contributed by atoms with van der Waals surface area (Å²) >= 11 is 0. The van der Waals surface area contributed by atoms with Crippen LogP contribution in [0.1, 0.15) is 23.8 Å². The molecule has 4 rings (SSSR count). The first-order chi connectivity index (χ1) is 14.9. The first kappa shape index (κ1) is 21.1. The van der Waals surface area contributed by atoms with Crippen molar-refractivity contribution >= 4 is 27.7 Å². The Morgan fingerprint density at radius 2 is 1.84 bits per heavy atom. The van der Waals surface area contributed by atoms with E-state index >= 15 is 0 Å². The Kier molecular flexibility index (Phi) is 6.06. The molecule has 3 aromatic rings. The summed E-state index contributed by atoms with van der Waals surface area (Å²) in [4.78, 5) is 14.9. The lowest BCUT2D eigenvalue weighted by Crippen LogP contribution is -2.44. The van der Waals surface area contributed by atoms with Crippen molar-refractivity contribution in [3.8, 4) is 0 Å². The maximum absolute atomic E-state index is 13.2. The van der Waals surface area contributed by atoms with Gasteiger partial charge in [0, 0.05) is 17.1 Å². The number of amides is 1. The Morgan fingerprint density at radius 1 is 1.10 bits per heavy atom. The van der Waals surface area contributed by atoms with E-state index in [4.69, 9.17) is 4.42 Å². The highest BCUT2D eigenvalue weighted by Crippen LogP contribution is 2.32. The summed E-state index contributed by atoms with van der Waals surface area (Å²) in [5, 5.41) is 1.14. The second kappa shape index (κ2) is 8.91. The third-order valence-corrected chi connectivity index (χ3v) is 6.75. The molecule has 1 atom stereocenters. The quantitative estimate of drug-likeness (QED) is 0.560. The predicted octanol–water partition coefficient (Wildman–Crippen LogP) is 4.06. The van der Waals surface area contributed by atoms with E-state index in [1.165, 1.54) is 12.3 Å². The largest absolute Gasteiger partial charge is 0.468 e. The standard InChI is InChI=1S/C24H24N2O4S/c1-19-16-21-10-5-6-12-23(21)26(19)24(27)18-25(17-22-11-7-14-30-22)31(28,29)15-13-20-8-3-2-4-9-20/h2-15,19H,16-18H2,1H3. The van der Waals surface area contributed by atoms with E-state index < -0.39 is 10.0 Å². The number of benzene rings is 2. The van der Waals surface area contributed by atoms with Gasteiger partial charge in [-0.3, -0.25) is 4.79 Å². The zero-order chi connectivity index (χ0) is 21.8. The van der Waals surface area contributed by atoms with Gasteiger partial charge in [-0.1, -0.05) is 48.5 Å². The molecule has 0 spiro atoms. The van der Waals surface area contributed by atoms with Crippen LogP contribution in [-0.4, -0.2) is 31.2 Å². The van der Waals surface area contributed by atoms with E-state index in [2.05, 4.69) is 0 Å². The summed E-state index contributed by atoms with van der Waals surface area (Å²) < 4.78 is 32.8. The number of sulfonamides is 1. The van der Waals surface area contributed by atoms with Gasteiger partial charge in [-0.2, -0.15) is 4.31 Å². The normalized spacial score (nSPS) is 16.2. The van der Waals surface area contributed by atoms with Crippen molar-refractivity contribution in [1.82, 2.24) is 4.31 Å². The van der Waals surface area contributed by atoms with Gasteiger partial charge in [-0.15, -0.1) is 0 Å². The third kappa shape index (κ3) is 4.78. The average Bonchev–Trinajstić information content (AvgIpc) is 3.39. The number of fused-ring (bicyclic) bond motifs is 1. The number of para-hydroxylation sites is 1. The third-order valence-electron chi connectivity index (χ3n) is 5.29. The minimum atomic E-state index is -3.87. The molecular weight excluding hydrogens is 412 g/mol. The molecule has 6 nitrogen and oxygen atoms in total. The van der Waals surface area contributed by atoms with E-state index in [1.54, 1.807) is 17.0 Å². The molecule has 0 saturated heterocycles. The van der Waals surface area contributed by atoms with Gasteiger partial charge in [0.2, 0.25) is 15.9 Å². The predicted molar refractivity (Wildman–Crippen MR) is 121 cm³/mol. The van der Waals surface area contributed by atoms with Crippen LogP contribution >= 0.6 is 0 Å². The second-order valence-electron chi connectivity index (χ2n) is 7.55. The molecule has 1 unspecified atom stereocenters. The summed E-state index contributed by atoms with van der Waals surface area (Å²) in [5.74, 6) is 0.208. The molecule has 0 fully saturated rings. The van der Waals surface area contributed by atoms with Gasteiger partial charge in [0.1, 0.15) is 5.76 Å². The second-order valence-corrected chi connectivity index (χ2v) is 9.37. The molecule has 2 aromatic carbocycles. The highest BCUT2D eigenvalue weighted by atomic mass is 32.2. The molecule has 1 aliphatic rings. The molecule has 1 amide bonds. The minimum absolute atomic E-state index is 0.0237. The smallest absolute Gasteiger partial charge is 0.242 e. The molecule has 0 aliphatic carbocycles. The van der Waals surface area contributed by atoms with Crippen molar-refractivity contribution in [2.45, 2.75) is 25.9 Å². The van der Waals surface area contributed by atoms with Crippen LogP contribution in [0.2, 0.25) is 0 Å². The molecule has 0 N–H and O–H groups in total. The highest BCUT2D eigenvalue weighted by Gasteiger charge is 2.33. The number of nitrogens with zero attached hydrogens (tertiary/aromatic N) is 2.